The molecule has 1 fully saturated rings. The van der Waals surface area contributed by atoms with Gasteiger partial charge in [0.15, 0.2) is 11.6 Å². The van der Waals surface area contributed by atoms with E-state index in [1.54, 1.807) is 6.07 Å². The van der Waals surface area contributed by atoms with E-state index in [1.807, 2.05) is 0 Å². The molecule has 2 nitrogen and oxygen atoms in total. The van der Waals surface area contributed by atoms with Crippen molar-refractivity contribution in [2.75, 3.05) is 13.1 Å². The van der Waals surface area contributed by atoms with E-state index in [9.17, 15) is 8.78 Å². The number of piperidine rings is 1. The van der Waals surface area contributed by atoms with Crippen LogP contribution in [0.15, 0.2) is 18.2 Å². The predicted molar refractivity (Wildman–Crippen MR) is 80.4 cm³/mol. The molecule has 2 N–H and O–H groups in total. The Kier molecular flexibility index (Phi) is 4.70. The Bertz CT molecular complexity index is 497. The number of hydrogen-bond donors (Lipinski definition) is 1. The van der Waals surface area contributed by atoms with Crippen molar-refractivity contribution < 1.29 is 8.78 Å². The standard InChI is InChI=1S/C15H20F2N2S/c1-9-5-10(2)8-19(7-9)14(15(18)20)11-3-4-12(16)13(17)6-11/h3-4,6,9-10,14H,5,7-8H2,1-2H3,(H2,18,20). The smallest absolute Gasteiger partial charge is 0.159 e. The van der Waals surface area contributed by atoms with Gasteiger partial charge in [0.2, 0.25) is 0 Å². The van der Waals surface area contributed by atoms with Crippen LogP contribution in [-0.2, 0) is 0 Å². The van der Waals surface area contributed by atoms with Crippen LogP contribution in [0.4, 0.5) is 8.78 Å². The van der Waals surface area contributed by atoms with Gasteiger partial charge in [0.05, 0.1) is 11.0 Å². The van der Waals surface area contributed by atoms with Crippen molar-refractivity contribution in [1.29, 1.82) is 0 Å². The Balaban J connectivity index is 2.30. The van der Waals surface area contributed by atoms with Gasteiger partial charge in [-0.1, -0.05) is 32.1 Å². The molecular weight excluding hydrogens is 278 g/mol. The molecule has 2 rings (SSSR count). The van der Waals surface area contributed by atoms with E-state index in [2.05, 4.69) is 18.7 Å². The van der Waals surface area contributed by atoms with Gasteiger partial charge in [-0.3, -0.25) is 4.90 Å². The lowest BCUT2D eigenvalue weighted by atomic mass is 9.89. The van der Waals surface area contributed by atoms with E-state index in [0.29, 0.717) is 22.4 Å². The second-order valence-corrected chi connectivity index (χ2v) is 6.35. The van der Waals surface area contributed by atoms with Crippen LogP contribution in [0.3, 0.4) is 0 Å². The lowest BCUT2D eigenvalue weighted by Crippen LogP contribution is -2.45. The minimum Gasteiger partial charge on any atom is -0.392 e. The third-order valence-electron chi connectivity index (χ3n) is 3.79. The van der Waals surface area contributed by atoms with Crippen LogP contribution in [0.5, 0.6) is 0 Å². The maximum Gasteiger partial charge on any atom is 0.159 e. The molecule has 0 bridgehead atoms. The first-order valence-electron chi connectivity index (χ1n) is 6.86. The van der Waals surface area contributed by atoms with Crippen molar-refractivity contribution in [3.05, 3.63) is 35.4 Å². The van der Waals surface area contributed by atoms with E-state index in [-0.39, 0.29) is 6.04 Å². The Morgan fingerprint density at radius 2 is 1.85 bits per heavy atom. The molecule has 0 aliphatic carbocycles. The highest BCUT2D eigenvalue weighted by Crippen LogP contribution is 2.30. The molecule has 1 heterocycles. The fourth-order valence-electron chi connectivity index (χ4n) is 3.16. The first-order valence-corrected chi connectivity index (χ1v) is 7.27. The Labute approximate surface area is 123 Å². The molecule has 1 aliphatic heterocycles. The monoisotopic (exact) mass is 298 g/mol. The molecule has 0 saturated carbocycles. The minimum absolute atomic E-state index is 0.303. The van der Waals surface area contributed by atoms with Crippen LogP contribution in [0.25, 0.3) is 0 Å². The van der Waals surface area contributed by atoms with Crippen LogP contribution in [-0.4, -0.2) is 23.0 Å². The molecule has 0 aromatic heterocycles. The van der Waals surface area contributed by atoms with Gasteiger partial charge in [-0.15, -0.1) is 0 Å². The van der Waals surface area contributed by atoms with Crippen LogP contribution in [0, 0.1) is 23.5 Å². The molecule has 20 heavy (non-hydrogen) atoms. The number of hydrogen-bond acceptors (Lipinski definition) is 2. The molecule has 5 heteroatoms. The molecule has 1 saturated heterocycles. The second-order valence-electron chi connectivity index (χ2n) is 5.88. The summed E-state index contributed by atoms with van der Waals surface area (Å²) >= 11 is 5.15. The summed E-state index contributed by atoms with van der Waals surface area (Å²) in [5.41, 5.74) is 6.48. The van der Waals surface area contributed by atoms with E-state index >= 15 is 0 Å². The van der Waals surface area contributed by atoms with E-state index in [0.717, 1.165) is 19.2 Å². The van der Waals surface area contributed by atoms with Crippen molar-refractivity contribution in [3.63, 3.8) is 0 Å². The number of nitrogens with zero attached hydrogens (tertiary/aromatic N) is 1. The summed E-state index contributed by atoms with van der Waals surface area (Å²) in [7, 11) is 0. The van der Waals surface area contributed by atoms with E-state index in [4.69, 9.17) is 18.0 Å². The normalized spacial score (nSPS) is 25.4. The summed E-state index contributed by atoms with van der Waals surface area (Å²) in [6.07, 6.45) is 1.17. The lowest BCUT2D eigenvalue weighted by molar-refractivity contribution is 0.122. The van der Waals surface area contributed by atoms with E-state index < -0.39 is 11.6 Å². The molecule has 110 valence electrons. The highest BCUT2D eigenvalue weighted by atomic mass is 32.1. The minimum atomic E-state index is -0.859. The summed E-state index contributed by atoms with van der Waals surface area (Å²) in [5, 5.41) is 0. The van der Waals surface area contributed by atoms with Crippen LogP contribution in [0.1, 0.15) is 31.9 Å². The van der Waals surface area contributed by atoms with Gasteiger partial charge in [0.1, 0.15) is 0 Å². The molecule has 1 aliphatic rings. The molecule has 0 spiro atoms. The first kappa shape index (κ1) is 15.3. The largest absolute Gasteiger partial charge is 0.392 e. The fraction of sp³-hybridized carbons (Fsp3) is 0.533. The topological polar surface area (TPSA) is 29.3 Å². The van der Waals surface area contributed by atoms with Crippen molar-refractivity contribution in [1.82, 2.24) is 4.90 Å². The molecule has 3 atom stereocenters. The summed E-state index contributed by atoms with van der Waals surface area (Å²) in [6, 6.07) is 3.56. The number of likely N-dealkylation sites (tertiary alicyclic amines) is 1. The highest BCUT2D eigenvalue weighted by Gasteiger charge is 2.30. The number of halogens is 2. The van der Waals surface area contributed by atoms with Gasteiger partial charge in [0.25, 0.3) is 0 Å². The van der Waals surface area contributed by atoms with Gasteiger partial charge >= 0.3 is 0 Å². The van der Waals surface area contributed by atoms with Crippen LogP contribution >= 0.6 is 12.2 Å². The average Bonchev–Trinajstić information content (AvgIpc) is 2.32. The Morgan fingerprint density at radius 1 is 1.25 bits per heavy atom. The zero-order valence-electron chi connectivity index (χ0n) is 11.8. The molecule has 3 unspecified atom stereocenters. The SMILES string of the molecule is CC1CC(C)CN(C(C(N)=S)c2ccc(F)c(F)c2)C1. The summed E-state index contributed by atoms with van der Waals surface area (Å²) in [4.78, 5) is 2.48. The highest BCUT2D eigenvalue weighted by molar-refractivity contribution is 7.80. The number of benzene rings is 1. The van der Waals surface area contributed by atoms with Crippen molar-refractivity contribution >= 4 is 17.2 Å². The summed E-state index contributed by atoms with van der Waals surface area (Å²) < 4.78 is 26.5. The van der Waals surface area contributed by atoms with Gasteiger partial charge in [-0.05, 0) is 36.0 Å². The van der Waals surface area contributed by atoms with Crippen LogP contribution in [0.2, 0.25) is 0 Å². The Hall–Kier alpha value is -1.07. The predicted octanol–water partition coefficient (Wildman–Crippen LogP) is 3.27. The van der Waals surface area contributed by atoms with Gasteiger partial charge in [-0.2, -0.15) is 0 Å². The van der Waals surface area contributed by atoms with Gasteiger partial charge in [0, 0.05) is 13.1 Å². The van der Waals surface area contributed by atoms with Crippen molar-refractivity contribution in [2.24, 2.45) is 17.6 Å². The first-order chi connectivity index (χ1) is 9.38. The zero-order valence-corrected chi connectivity index (χ0v) is 12.6. The Morgan fingerprint density at radius 3 is 2.35 bits per heavy atom. The average molecular weight is 298 g/mol. The summed E-state index contributed by atoms with van der Waals surface area (Å²) in [5.74, 6) is -0.625. The van der Waals surface area contributed by atoms with Gasteiger partial charge in [-0.25, -0.2) is 8.78 Å². The van der Waals surface area contributed by atoms with Crippen molar-refractivity contribution in [2.45, 2.75) is 26.3 Å². The van der Waals surface area contributed by atoms with E-state index in [1.165, 1.54) is 12.5 Å². The molecule has 1 aromatic rings. The van der Waals surface area contributed by atoms with Gasteiger partial charge < -0.3 is 5.73 Å². The molecule has 0 amide bonds. The maximum atomic E-state index is 13.4. The summed E-state index contributed by atoms with van der Waals surface area (Å²) in [6.45, 7) is 6.10. The molecular formula is C15H20F2N2S. The molecule has 0 radical (unpaired) electrons. The van der Waals surface area contributed by atoms with Crippen molar-refractivity contribution in [3.8, 4) is 0 Å². The maximum absolute atomic E-state index is 13.4. The van der Waals surface area contributed by atoms with Crippen LogP contribution < -0.4 is 5.73 Å². The molecule has 1 aromatic carbocycles. The second kappa shape index (κ2) is 6.14. The lowest BCUT2D eigenvalue weighted by Gasteiger charge is -2.40. The third kappa shape index (κ3) is 3.33. The third-order valence-corrected chi connectivity index (χ3v) is 4.01. The zero-order chi connectivity index (χ0) is 14.9. The quantitative estimate of drug-likeness (QED) is 0.869. The number of rotatable bonds is 3. The fourth-order valence-corrected chi connectivity index (χ4v) is 3.44. The number of thiocarbonyl (C=S) groups is 1. The number of nitrogens with two attached hydrogens (primary N) is 1.